The first kappa shape index (κ1) is 15.2. The molecule has 1 aliphatic heterocycles. The maximum Gasteiger partial charge on any atom is 0.141 e. The molecule has 5 heteroatoms. The number of aromatic hydroxyl groups is 1. The molecule has 0 atom stereocenters. The predicted octanol–water partition coefficient (Wildman–Crippen LogP) is 1.16. The highest BCUT2D eigenvalue weighted by Gasteiger charge is 2.12. The van der Waals surface area contributed by atoms with Gasteiger partial charge in [0.1, 0.15) is 5.75 Å². The number of aliphatic hydroxyl groups excluding tert-OH is 1. The van der Waals surface area contributed by atoms with Crippen LogP contribution in [0.5, 0.6) is 5.75 Å². The summed E-state index contributed by atoms with van der Waals surface area (Å²) in [5, 5.41) is 22.7. The smallest absolute Gasteiger partial charge is 0.141 e. The van der Waals surface area contributed by atoms with E-state index in [9.17, 15) is 10.2 Å². The van der Waals surface area contributed by atoms with Gasteiger partial charge in [-0.15, -0.1) is 0 Å². The van der Waals surface area contributed by atoms with E-state index in [-0.39, 0.29) is 12.4 Å². The molecule has 2 rings (SSSR count). The fourth-order valence-electron chi connectivity index (χ4n) is 2.65. The third-order valence-corrected chi connectivity index (χ3v) is 3.96. The molecule has 0 aliphatic carbocycles. The number of aliphatic hydroxyl groups is 1. The number of rotatable bonds is 6. The molecule has 0 radical (unpaired) electrons. The van der Waals surface area contributed by atoms with Crippen molar-refractivity contribution in [2.24, 2.45) is 0 Å². The summed E-state index contributed by atoms with van der Waals surface area (Å²) >= 11 is 0. The first-order chi connectivity index (χ1) is 9.72. The molecule has 1 saturated heterocycles. The van der Waals surface area contributed by atoms with E-state index in [4.69, 9.17) is 0 Å². The van der Waals surface area contributed by atoms with Gasteiger partial charge in [-0.25, -0.2) is 0 Å². The molecule has 5 nitrogen and oxygen atoms in total. The molecule has 20 heavy (non-hydrogen) atoms. The van der Waals surface area contributed by atoms with Crippen molar-refractivity contribution in [3.63, 3.8) is 0 Å². The summed E-state index contributed by atoms with van der Waals surface area (Å²) in [7, 11) is 0. The minimum atomic E-state index is -0.0933. The Kier molecular flexibility index (Phi) is 5.76. The Bertz CT molecular complexity index is 431. The summed E-state index contributed by atoms with van der Waals surface area (Å²) in [6.07, 6.45) is 5.60. The minimum Gasteiger partial charge on any atom is -0.506 e. The third kappa shape index (κ3) is 3.91. The monoisotopic (exact) mass is 279 g/mol. The molecule has 1 aromatic heterocycles. The molecule has 0 unspecified atom stereocenters. The lowest BCUT2D eigenvalue weighted by Gasteiger charge is -2.26. The van der Waals surface area contributed by atoms with Gasteiger partial charge in [0.15, 0.2) is 0 Å². The average Bonchev–Trinajstić information content (AvgIpc) is 2.49. The van der Waals surface area contributed by atoms with Crippen LogP contribution in [0.15, 0.2) is 6.20 Å². The van der Waals surface area contributed by atoms with Gasteiger partial charge >= 0.3 is 0 Å². The molecule has 112 valence electrons. The Labute approximate surface area is 120 Å². The van der Waals surface area contributed by atoms with Gasteiger partial charge in [-0.05, 0) is 32.9 Å². The van der Waals surface area contributed by atoms with Crippen molar-refractivity contribution in [3.8, 4) is 5.75 Å². The lowest BCUT2D eigenvalue weighted by atomic mass is 10.1. The topological polar surface area (TPSA) is 68.6 Å². The number of aryl methyl sites for hydroxylation is 1. The van der Waals surface area contributed by atoms with Gasteiger partial charge in [0.05, 0.1) is 12.3 Å². The molecular formula is C15H25N3O2. The molecule has 0 saturated carbocycles. The predicted molar refractivity (Wildman–Crippen MR) is 78.6 cm³/mol. The normalized spacial score (nSPS) is 16.5. The van der Waals surface area contributed by atoms with E-state index in [1.54, 1.807) is 13.1 Å². The zero-order chi connectivity index (χ0) is 14.4. The van der Waals surface area contributed by atoms with Crippen molar-refractivity contribution in [3.05, 3.63) is 23.0 Å². The van der Waals surface area contributed by atoms with E-state index in [2.05, 4.69) is 15.2 Å². The van der Waals surface area contributed by atoms with Crippen molar-refractivity contribution in [1.82, 2.24) is 15.2 Å². The Morgan fingerprint density at radius 1 is 1.30 bits per heavy atom. The number of nitrogens with zero attached hydrogens (tertiary/aromatic N) is 2. The van der Waals surface area contributed by atoms with E-state index in [1.165, 1.54) is 32.4 Å². The highest BCUT2D eigenvalue weighted by molar-refractivity contribution is 5.40. The molecule has 0 bridgehead atoms. The quantitative estimate of drug-likeness (QED) is 0.682. The third-order valence-electron chi connectivity index (χ3n) is 3.96. The zero-order valence-corrected chi connectivity index (χ0v) is 12.2. The van der Waals surface area contributed by atoms with Gasteiger partial charge in [0, 0.05) is 37.0 Å². The Hall–Kier alpha value is -1.17. The molecule has 0 spiro atoms. The van der Waals surface area contributed by atoms with Crippen LogP contribution in [0.25, 0.3) is 0 Å². The number of likely N-dealkylation sites (tertiary alicyclic amines) is 1. The zero-order valence-electron chi connectivity index (χ0n) is 12.2. The molecule has 0 amide bonds. The lowest BCUT2D eigenvalue weighted by molar-refractivity contribution is 0.228. The van der Waals surface area contributed by atoms with Crippen LogP contribution in [0, 0.1) is 6.92 Å². The van der Waals surface area contributed by atoms with Gasteiger partial charge in [-0.3, -0.25) is 4.98 Å². The van der Waals surface area contributed by atoms with Crippen molar-refractivity contribution in [2.75, 3.05) is 26.2 Å². The number of nitrogens with one attached hydrogen (secondary N) is 1. The van der Waals surface area contributed by atoms with Crippen LogP contribution in [0.4, 0.5) is 0 Å². The van der Waals surface area contributed by atoms with E-state index in [1.807, 2.05) is 0 Å². The first-order valence-corrected chi connectivity index (χ1v) is 7.42. The molecule has 3 N–H and O–H groups in total. The number of pyridine rings is 1. The van der Waals surface area contributed by atoms with E-state index < -0.39 is 0 Å². The number of hydrogen-bond donors (Lipinski definition) is 3. The molecule has 1 aromatic rings. The maximum atomic E-state index is 10.0. The summed E-state index contributed by atoms with van der Waals surface area (Å²) in [5.41, 5.74) is 2.06. The summed E-state index contributed by atoms with van der Waals surface area (Å²) in [5.74, 6) is 0.196. The van der Waals surface area contributed by atoms with Crippen LogP contribution >= 0.6 is 0 Å². The van der Waals surface area contributed by atoms with Crippen molar-refractivity contribution >= 4 is 0 Å². The van der Waals surface area contributed by atoms with Crippen LogP contribution in [-0.2, 0) is 13.2 Å². The lowest BCUT2D eigenvalue weighted by Crippen LogP contribution is -2.35. The Balaban J connectivity index is 1.82. The largest absolute Gasteiger partial charge is 0.506 e. The second-order valence-corrected chi connectivity index (χ2v) is 5.43. The van der Waals surface area contributed by atoms with Crippen LogP contribution in [0.1, 0.15) is 36.1 Å². The molecule has 1 aliphatic rings. The second-order valence-electron chi connectivity index (χ2n) is 5.43. The van der Waals surface area contributed by atoms with Crippen LogP contribution in [0.3, 0.4) is 0 Å². The number of aromatic nitrogens is 1. The molecule has 1 fully saturated rings. The fraction of sp³-hybridized carbons (Fsp3) is 0.667. The van der Waals surface area contributed by atoms with E-state index >= 15 is 0 Å². The van der Waals surface area contributed by atoms with Crippen molar-refractivity contribution in [1.29, 1.82) is 0 Å². The van der Waals surface area contributed by atoms with Gasteiger partial charge in [0.25, 0.3) is 0 Å². The van der Waals surface area contributed by atoms with E-state index in [0.717, 1.165) is 18.7 Å². The summed E-state index contributed by atoms with van der Waals surface area (Å²) < 4.78 is 0. The fourth-order valence-corrected chi connectivity index (χ4v) is 2.65. The van der Waals surface area contributed by atoms with Crippen LogP contribution in [-0.4, -0.2) is 46.3 Å². The first-order valence-electron chi connectivity index (χ1n) is 7.42. The molecule has 0 aromatic carbocycles. The Morgan fingerprint density at radius 2 is 2.05 bits per heavy atom. The molecular weight excluding hydrogens is 254 g/mol. The van der Waals surface area contributed by atoms with Crippen LogP contribution < -0.4 is 5.32 Å². The van der Waals surface area contributed by atoms with Crippen molar-refractivity contribution < 1.29 is 10.2 Å². The van der Waals surface area contributed by atoms with Gasteiger partial charge in [-0.1, -0.05) is 6.42 Å². The summed E-state index contributed by atoms with van der Waals surface area (Å²) in [4.78, 5) is 6.54. The van der Waals surface area contributed by atoms with E-state index in [0.29, 0.717) is 17.8 Å². The SMILES string of the molecule is Cc1ncc(CO)c(CNCCN2CCCCC2)c1O. The van der Waals surface area contributed by atoms with Gasteiger partial charge in [0.2, 0.25) is 0 Å². The van der Waals surface area contributed by atoms with Crippen molar-refractivity contribution in [2.45, 2.75) is 39.3 Å². The van der Waals surface area contributed by atoms with Gasteiger partial charge < -0.3 is 20.4 Å². The minimum absolute atomic E-state index is 0.0933. The highest BCUT2D eigenvalue weighted by Crippen LogP contribution is 2.23. The average molecular weight is 279 g/mol. The highest BCUT2D eigenvalue weighted by atomic mass is 16.3. The maximum absolute atomic E-state index is 10.0. The molecule has 2 heterocycles. The van der Waals surface area contributed by atoms with Crippen LogP contribution in [0.2, 0.25) is 0 Å². The second kappa shape index (κ2) is 7.57. The standard InChI is InChI=1S/C15H25N3O2/c1-12-15(20)14(13(11-19)9-17-12)10-16-5-8-18-6-3-2-4-7-18/h9,16,19-20H,2-8,10-11H2,1H3. The number of piperidine rings is 1. The summed E-state index contributed by atoms with van der Waals surface area (Å²) in [6.45, 7) is 6.58. The Morgan fingerprint density at radius 3 is 2.75 bits per heavy atom. The summed E-state index contributed by atoms with van der Waals surface area (Å²) in [6, 6.07) is 0. The van der Waals surface area contributed by atoms with Gasteiger partial charge in [-0.2, -0.15) is 0 Å². The number of hydrogen-bond acceptors (Lipinski definition) is 5.